The Labute approximate surface area is 234 Å². The van der Waals surface area contributed by atoms with Crippen molar-refractivity contribution < 1.29 is 23.8 Å². The fourth-order valence-corrected chi connectivity index (χ4v) is 6.67. The van der Waals surface area contributed by atoms with Crippen LogP contribution in [0.2, 0.25) is 0 Å². The van der Waals surface area contributed by atoms with Gasteiger partial charge in [-0.1, -0.05) is 39.8 Å². The van der Waals surface area contributed by atoms with Gasteiger partial charge in [-0.25, -0.2) is 0 Å². The van der Waals surface area contributed by atoms with Crippen molar-refractivity contribution in [1.82, 2.24) is 4.90 Å². The SMILES string of the molecule is C=CCc1cc(C2C3=C(CC(C)(C)CC3=O)N(CCCOC)C3=C2C(=O)CC(C)(C)C3)cc(OCC)c1OC. The molecule has 3 aliphatic rings. The number of nitrogens with zero attached hydrogens (tertiary/aromatic N) is 1. The second-order valence-corrected chi connectivity index (χ2v) is 12.7. The number of Topliss-reactive ketones (excluding diaryl/α,β-unsaturated/α-hetero) is 2. The summed E-state index contributed by atoms with van der Waals surface area (Å²) < 4.78 is 17.2. The predicted octanol–water partition coefficient (Wildman–Crippen LogP) is 6.54. The van der Waals surface area contributed by atoms with E-state index in [0.717, 1.165) is 59.5 Å². The number of ketones is 2. The van der Waals surface area contributed by atoms with Crippen molar-refractivity contribution in [2.24, 2.45) is 10.8 Å². The summed E-state index contributed by atoms with van der Waals surface area (Å²) in [6.07, 6.45) is 5.75. The van der Waals surface area contributed by atoms with E-state index < -0.39 is 5.92 Å². The Hall–Kier alpha value is -2.86. The lowest BCUT2D eigenvalue weighted by Crippen LogP contribution is -2.44. The molecule has 6 heteroatoms. The van der Waals surface area contributed by atoms with Crippen molar-refractivity contribution in [3.8, 4) is 11.5 Å². The van der Waals surface area contributed by atoms with Gasteiger partial charge in [0.2, 0.25) is 0 Å². The van der Waals surface area contributed by atoms with Crippen LogP contribution in [0.3, 0.4) is 0 Å². The summed E-state index contributed by atoms with van der Waals surface area (Å²) in [7, 11) is 3.35. The number of hydrogen-bond acceptors (Lipinski definition) is 6. The van der Waals surface area contributed by atoms with Gasteiger partial charge in [0.05, 0.1) is 13.7 Å². The lowest BCUT2D eigenvalue weighted by Gasteiger charge is -2.49. The Morgan fingerprint density at radius 3 is 2.05 bits per heavy atom. The topological polar surface area (TPSA) is 65.1 Å². The molecule has 0 amide bonds. The van der Waals surface area contributed by atoms with E-state index in [1.165, 1.54) is 0 Å². The van der Waals surface area contributed by atoms with Gasteiger partial charge in [-0.2, -0.15) is 0 Å². The van der Waals surface area contributed by atoms with E-state index in [1.54, 1.807) is 14.2 Å². The van der Waals surface area contributed by atoms with Gasteiger partial charge in [0.25, 0.3) is 0 Å². The molecular weight excluding hydrogens is 490 g/mol. The van der Waals surface area contributed by atoms with Gasteiger partial charge >= 0.3 is 0 Å². The monoisotopic (exact) mass is 535 g/mol. The van der Waals surface area contributed by atoms with Crippen molar-refractivity contribution in [2.45, 2.75) is 79.1 Å². The molecule has 0 radical (unpaired) electrons. The Morgan fingerprint density at radius 2 is 1.56 bits per heavy atom. The largest absolute Gasteiger partial charge is 0.493 e. The highest BCUT2D eigenvalue weighted by atomic mass is 16.5. The molecule has 0 atom stereocenters. The molecular formula is C33H45NO5. The highest BCUT2D eigenvalue weighted by molar-refractivity contribution is 6.06. The molecule has 6 nitrogen and oxygen atoms in total. The third kappa shape index (κ3) is 5.72. The summed E-state index contributed by atoms with van der Waals surface area (Å²) in [6, 6.07) is 4.07. The van der Waals surface area contributed by atoms with E-state index in [4.69, 9.17) is 14.2 Å². The van der Waals surface area contributed by atoms with Gasteiger partial charge in [-0.05, 0) is 55.1 Å². The lowest BCUT2D eigenvalue weighted by molar-refractivity contribution is -0.119. The zero-order chi connectivity index (χ0) is 28.5. The zero-order valence-electron chi connectivity index (χ0n) is 24.9. The van der Waals surface area contributed by atoms with Crippen LogP contribution >= 0.6 is 0 Å². The molecule has 1 aromatic carbocycles. The minimum atomic E-state index is -0.422. The van der Waals surface area contributed by atoms with Crippen molar-refractivity contribution in [3.63, 3.8) is 0 Å². The molecule has 0 saturated heterocycles. The average Bonchev–Trinajstić information content (AvgIpc) is 2.83. The first kappa shape index (κ1) is 29.1. The van der Waals surface area contributed by atoms with Gasteiger partial charge in [0.1, 0.15) is 0 Å². The van der Waals surface area contributed by atoms with Crippen molar-refractivity contribution >= 4 is 11.6 Å². The van der Waals surface area contributed by atoms with E-state index >= 15 is 0 Å². The van der Waals surface area contributed by atoms with Crippen LogP contribution < -0.4 is 9.47 Å². The maximum atomic E-state index is 14.0. The Bertz CT molecular complexity index is 1160. The molecule has 0 unspecified atom stereocenters. The highest BCUT2D eigenvalue weighted by Gasteiger charge is 2.49. The van der Waals surface area contributed by atoms with Crippen LogP contribution in [-0.2, 0) is 20.7 Å². The molecule has 0 fully saturated rings. The number of rotatable bonds is 10. The number of methoxy groups -OCH3 is 2. The molecule has 2 aliphatic carbocycles. The first-order valence-electron chi connectivity index (χ1n) is 14.2. The van der Waals surface area contributed by atoms with E-state index in [0.29, 0.717) is 44.0 Å². The average molecular weight is 536 g/mol. The minimum absolute atomic E-state index is 0.131. The van der Waals surface area contributed by atoms with Crippen molar-refractivity contribution in [2.75, 3.05) is 34.0 Å². The minimum Gasteiger partial charge on any atom is -0.493 e. The predicted molar refractivity (Wildman–Crippen MR) is 154 cm³/mol. The number of carbonyl (C=O) groups is 2. The maximum absolute atomic E-state index is 14.0. The Kier molecular flexibility index (Phi) is 8.46. The summed E-state index contributed by atoms with van der Waals surface area (Å²) in [6.45, 7) is 16.4. The number of allylic oxidation sites excluding steroid dienone is 5. The van der Waals surface area contributed by atoms with Gasteiger partial charge in [-0.3, -0.25) is 9.59 Å². The number of hydrogen-bond donors (Lipinski definition) is 0. The number of benzene rings is 1. The van der Waals surface area contributed by atoms with Crippen molar-refractivity contribution in [1.29, 1.82) is 0 Å². The van der Waals surface area contributed by atoms with Crippen LogP contribution in [0.1, 0.15) is 83.8 Å². The third-order valence-electron chi connectivity index (χ3n) is 8.11. The third-order valence-corrected chi connectivity index (χ3v) is 8.11. The lowest BCUT2D eigenvalue weighted by atomic mass is 9.63. The molecule has 212 valence electrons. The second-order valence-electron chi connectivity index (χ2n) is 12.7. The van der Waals surface area contributed by atoms with Crippen LogP contribution in [0.15, 0.2) is 47.3 Å². The molecule has 0 N–H and O–H groups in total. The molecule has 1 heterocycles. The summed E-state index contributed by atoms with van der Waals surface area (Å²) in [5.74, 6) is 1.15. The Balaban J connectivity index is 2.01. The Morgan fingerprint density at radius 1 is 0.974 bits per heavy atom. The van der Waals surface area contributed by atoms with Gasteiger partial charge in [-0.15, -0.1) is 6.58 Å². The smallest absolute Gasteiger partial charge is 0.164 e. The molecule has 4 rings (SSSR count). The zero-order valence-corrected chi connectivity index (χ0v) is 24.9. The summed E-state index contributed by atoms with van der Waals surface area (Å²) in [5.41, 5.74) is 5.22. The summed E-state index contributed by atoms with van der Waals surface area (Å²) in [4.78, 5) is 30.4. The van der Waals surface area contributed by atoms with Crippen LogP contribution in [0.25, 0.3) is 0 Å². The summed E-state index contributed by atoms with van der Waals surface area (Å²) in [5, 5.41) is 0. The highest BCUT2D eigenvalue weighted by Crippen LogP contribution is 2.55. The molecule has 39 heavy (non-hydrogen) atoms. The number of ether oxygens (including phenoxy) is 3. The quantitative estimate of drug-likeness (QED) is 0.250. The fourth-order valence-electron chi connectivity index (χ4n) is 6.67. The van der Waals surface area contributed by atoms with Crippen LogP contribution in [0.4, 0.5) is 0 Å². The molecule has 0 bridgehead atoms. The second kappa shape index (κ2) is 11.3. The van der Waals surface area contributed by atoms with Crippen molar-refractivity contribution in [3.05, 3.63) is 58.5 Å². The van der Waals surface area contributed by atoms with Gasteiger partial charge in [0, 0.05) is 67.1 Å². The molecule has 0 saturated carbocycles. The molecule has 1 aliphatic heterocycles. The first-order chi connectivity index (χ1) is 18.5. The normalized spacial score (nSPS) is 20.6. The first-order valence-corrected chi connectivity index (χ1v) is 14.2. The van der Waals surface area contributed by atoms with Gasteiger partial charge in [0.15, 0.2) is 23.1 Å². The van der Waals surface area contributed by atoms with E-state index in [2.05, 4.69) is 45.2 Å². The fraction of sp³-hybridized carbons (Fsp3) is 0.576. The maximum Gasteiger partial charge on any atom is 0.164 e. The van der Waals surface area contributed by atoms with E-state index in [-0.39, 0.29) is 22.4 Å². The number of carbonyl (C=O) groups excluding carboxylic acids is 2. The standard InChI is InChI=1S/C33H45NO5/c1-9-12-21-15-22(16-27(39-10-2)31(21)38-8)28-29-23(17-32(3,4)19-25(29)35)34(13-11-14-37-7)24-18-33(5,6)20-26(36)30(24)28/h9,15-16,28H,1,10-14,17-20H2,2-8H3. The molecule has 0 aromatic heterocycles. The van der Waals surface area contributed by atoms with Crippen LogP contribution in [0.5, 0.6) is 11.5 Å². The molecule has 1 aromatic rings. The van der Waals surface area contributed by atoms with Crippen LogP contribution in [-0.4, -0.2) is 50.4 Å². The van der Waals surface area contributed by atoms with E-state index in [9.17, 15) is 9.59 Å². The summed E-state index contributed by atoms with van der Waals surface area (Å²) >= 11 is 0. The van der Waals surface area contributed by atoms with Crippen LogP contribution in [0, 0.1) is 10.8 Å². The van der Waals surface area contributed by atoms with Gasteiger partial charge < -0.3 is 19.1 Å². The molecule has 0 spiro atoms. The van der Waals surface area contributed by atoms with E-state index in [1.807, 2.05) is 19.1 Å².